The summed E-state index contributed by atoms with van der Waals surface area (Å²) in [7, 11) is 0. The van der Waals surface area contributed by atoms with Gasteiger partial charge in [0.05, 0.1) is 0 Å². The lowest BCUT2D eigenvalue weighted by atomic mass is 9.91. The average Bonchev–Trinajstić information content (AvgIpc) is 2.40. The van der Waals surface area contributed by atoms with Crippen molar-refractivity contribution in [3.63, 3.8) is 0 Å². The summed E-state index contributed by atoms with van der Waals surface area (Å²) in [5, 5.41) is 3.65. The first-order valence-corrected chi connectivity index (χ1v) is 8.43. The third-order valence-electron chi connectivity index (χ3n) is 4.33. The summed E-state index contributed by atoms with van der Waals surface area (Å²) in [5.41, 5.74) is 0. The van der Waals surface area contributed by atoms with E-state index in [-0.39, 0.29) is 0 Å². The molecule has 0 saturated carbocycles. The van der Waals surface area contributed by atoms with Crippen LogP contribution >= 0.6 is 0 Å². The predicted molar refractivity (Wildman–Crippen MR) is 88.6 cm³/mol. The van der Waals surface area contributed by atoms with Crippen molar-refractivity contribution in [1.29, 1.82) is 0 Å². The van der Waals surface area contributed by atoms with E-state index in [4.69, 9.17) is 0 Å². The first-order chi connectivity index (χ1) is 9.11. The van der Waals surface area contributed by atoms with Crippen LogP contribution in [0.1, 0.15) is 73.1 Å². The van der Waals surface area contributed by atoms with Crippen molar-refractivity contribution in [1.82, 2.24) is 5.32 Å². The van der Waals surface area contributed by atoms with Crippen LogP contribution in [0.3, 0.4) is 0 Å². The molecule has 114 valence electrons. The Bertz CT molecular complexity index is 210. The maximum absolute atomic E-state index is 3.65. The van der Waals surface area contributed by atoms with Crippen LogP contribution in [-0.2, 0) is 0 Å². The molecule has 0 aliphatic rings. The summed E-state index contributed by atoms with van der Waals surface area (Å²) >= 11 is 0. The Morgan fingerprint density at radius 3 is 2.37 bits per heavy atom. The molecule has 3 unspecified atom stereocenters. The van der Waals surface area contributed by atoms with Crippen molar-refractivity contribution in [3.8, 4) is 0 Å². The van der Waals surface area contributed by atoms with E-state index in [1.165, 1.54) is 51.6 Å². The molecule has 1 nitrogen and oxygen atoms in total. The first kappa shape index (κ1) is 18.7. The van der Waals surface area contributed by atoms with Gasteiger partial charge in [-0.1, -0.05) is 59.1 Å². The molecular weight excluding hydrogens is 230 g/mol. The molecule has 3 atom stereocenters. The topological polar surface area (TPSA) is 12.0 Å². The van der Waals surface area contributed by atoms with Gasteiger partial charge in [0.15, 0.2) is 0 Å². The van der Waals surface area contributed by atoms with E-state index in [1.54, 1.807) is 0 Å². The fourth-order valence-corrected chi connectivity index (χ4v) is 2.38. The lowest BCUT2D eigenvalue weighted by Gasteiger charge is -2.20. The fraction of sp³-hybridized carbons (Fsp3) is 0.889. The van der Waals surface area contributed by atoms with Gasteiger partial charge in [0.2, 0.25) is 0 Å². The zero-order valence-corrected chi connectivity index (χ0v) is 14.0. The largest absolute Gasteiger partial charge is 0.316 e. The molecule has 0 heterocycles. The van der Waals surface area contributed by atoms with E-state index in [0.717, 1.165) is 17.8 Å². The summed E-state index contributed by atoms with van der Waals surface area (Å²) < 4.78 is 0. The van der Waals surface area contributed by atoms with E-state index >= 15 is 0 Å². The first-order valence-electron chi connectivity index (χ1n) is 8.43. The molecule has 0 radical (unpaired) electrons. The molecule has 0 aromatic heterocycles. The lowest BCUT2D eigenvalue weighted by Crippen LogP contribution is -2.26. The Morgan fingerprint density at radius 1 is 1.00 bits per heavy atom. The van der Waals surface area contributed by atoms with Gasteiger partial charge in [-0.2, -0.15) is 0 Å². The van der Waals surface area contributed by atoms with Crippen molar-refractivity contribution in [2.24, 2.45) is 17.8 Å². The molecule has 0 spiro atoms. The number of hydrogen-bond acceptors (Lipinski definition) is 1. The van der Waals surface area contributed by atoms with Crippen molar-refractivity contribution >= 4 is 0 Å². The van der Waals surface area contributed by atoms with E-state index < -0.39 is 0 Å². The quantitative estimate of drug-likeness (QED) is 0.368. The Balaban J connectivity index is 3.51. The van der Waals surface area contributed by atoms with Crippen LogP contribution in [0.25, 0.3) is 0 Å². The molecule has 0 amide bonds. The lowest BCUT2D eigenvalue weighted by molar-refractivity contribution is 0.334. The molecule has 19 heavy (non-hydrogen) atoms. The molecule has 0 saturated heterocycles. The molecule has 1 heteroatoms. The standard InChI is InChI=1S/C18H37N/c1-6-8-10-11-16(3)13-14-19-15-18(5)17(4)12-9-7-2/h6,8,16-19H,7,9-15H2,1-5H3. The minimum Gasteiger partial charge on any atom is -0.316 e. The van der Waals surface area contributed by atoms with Crippen LogP contribution < -0.4 is 5.32 Å². The molecule has 0 aromatic rings. The highest BCUT2D eigenvalue weighted by Gasteiger charge is 2.11. The van der Waals surface area contributed by atoms with E-state index in [9.17, 15) is 0 Å². The second-order valence-corrected chi connectivity index (χ2v) is 6.34. The number of unbranched alkanes of at least 4 members (excludes halogenated alkanes) is 1. The highest BCUT2D eigenvalue weighted by Crippen LogP contribution is 2.17. The molecule has 0 aliphatic carbocycles. The third kappa shape index (κ3) is 11.2. The van der Waals surface area contributed by atoms with Gasteiger partial charge in [0, 0.05) is 0 Å². The number of hydrogen-bond donors (Lipinski definition) is 1. The monoisotopic (exact) mass is 267 g/mol. The summed E-state index contributed by atoms with van der Waals surface area (Å²) in [5.74, 6) is 2.51. The maximum atomic E-state index is 3.65. The molecule has 1 N–H and O–H groups in total. The Kier molecular flexibility index (Phi) is 12.5. The Labute approximate surface area is 122 Å². The maximum Gasteiger partial charge on any atom is -0.00206 e. The van der Waals surface area contributed by atoms with E-state index in [0.29, 0.717) is 0 Å². The summed E-state index contributed by atoms with van der Waals surface area (Å²) in [6.07, 6.45) is 12.4. The number of nitrogens with one attached hydrogen (secondary N) is 1. The molecule has 0 aromatic carbocycles. The third-order valence-corrected chi connectivity index (χ3v) is 4.33. The summed E-state index contributed by atoms with van der Waals surface area (Å²) in [6, 6.07) is 0. The van der Waals surface area contributed by atoms with Gasteiger partial charge in [-0.25, -0.2) is 0 Å². The number of rotatable bonds is 12. The van der Waals surface area contributed by atoms with Gasteiger partial charge in [-0.15, -0.1) is 0 Å². The van der Waals surface area contributed by atoms with Crippen LogP contribution in [0.4, 0.5) is 0 Å². The van der Waals surface area contributed by atoms with Gasteiger partial charge in [0.25, 0.3) is 0 Å². The second kappa shape index (κ2) is 12.7. The molecular formula is C18H37N. The highest BCUT2D eigenvalue weighted by atomic mass is 14.9. The zero-order chi connectivity index (χ0) is 14.5. The Morgan fingerprint density at radius 2 is 1.74 bits per heavy atom. The van der Waals surface area contributed by atoms with Gasteiger partial charge < -0.3 is 5.32 Å². The van der Waals surface area contributed by atoms with Gasteiger partial charge in [-0.3, -0.25) is 0 Å². The molecule has 0 aliphatic heterocycles. The summed E-state index contributed by atoms with van der Waals surface area (Å²) in [4.78, 5) is 0. The summed E-state index contributed by atoms with van der Waals surface area (Å²) in [6.45, 7) is 13.9. The normalized spacial score (nSPS) is 16.7. The molecule has 0 bridgehead atoms. The van der Waals surface area contributed by atoms with Crippen LogP contribution in [-0.4, -0.2) is 13.1 Å². The van der Waals surface area contributed by atoms with Crippen LogP contribution in [0.5, 0.6) is 0 Å². The van der Waals surface area contributed by atoms with Gasteiger partial charge >= 0.3 is 0 Å². The molecule has 0 fully saturated rings. The minimum absolute atomic E-state index is 0.810. The Hall–Kier alpha value is -0.300. The van der Waals surface area contributed by atoms with Crippen LogP contribution in [0, 0.1) is 17.8 Å². The van der Waals surface area contributed by atoms with Crippen LogP contribution in [0.15, 0.2) is 12.2 Å². The van der Waals surface area contributed by atoms with Gasteiger partial charge in [-0.05, 0) is 57.0 Å². The fourth-order valence-electron chi connectivity index (χ4n) is 2.38. The van der Waals surface area contributed by atoms with Gasteiger partial charge in [0.1, 0.15) is 0 Å². The smallest absolute Gasteiger partial charge is 0.00206 e. The predicted octanol–water partition coefficient (Wildman–Crippen LogP) is 5.42. The SMILES string of the molecule is CC=CCCC(C)CCNCC(C)C(C)CCCC. The minimum atomic E-state index is 0.810. The number of allylic oxidation sites excluding steroid dienone is 2. The highest BCUT2D eigenvalue weighted by molar-refractivity contribution is 4.77. The van der Waals surface area contributed by atoms with Crippen LogP contribution in [0.2, 0.25) is 0 Å². The molecule has 0 rings (SSSR count). The second-order valence-electron chi connectivity index (χ2n) is 6.34. The van der Waals surface area contributed by atoms with E-state index in [1.807, 2.05) is 0 Å². The zero-order valence-electron chi connectivity index (χ0n) is 14.0. The van der Waals surface area contributed by atoms with Crippen molar-refractivity contribution < 1.29 is 0 Å². The average molecular weight is 268 g/mol. The van der Waals surface area contributed by atoms with Crippen molar-refractivity contribution in [2.45, 2.75) is 73.1 Å². The van der Waals surface area contributed by atoms with Crippen molar-refractivity contribution in [2.75, 3.05) is 13.1 Å². The van der Waals surface area contributed by atoms with Crippen molar-refractivity contribution in [3.05, 3.63) is 12.2 Å². The van der Waals surface area contributed by atoms with E-state index in [2.05, 4.69) is 52.1 Å².